The molecule has 1 aromatic heterocycles. The van der Waals surface area contributed by atoms with Crippen molar-refractivity contribution in [2.45, 2.75) is 19.3 Å². The van der Waals surface area contributed by atoms with E-state index in [1.54, 1.807) is 6.20 Å². The van der Waals surface area contributed by atoms with Crippen LogP contribution >= 0.6 is 12.2 Å². The van der Waals surface area contributed by atoms with E-state index in [2.05, 4.69) is 10.3 Å². The molecule has 6 heteroatoms. The molecule has 5 nitrogen and oxygen atoms in total. The van der Waals surface area contributed by atoms with Crippen LogP contribution in [0.3, 0.4) is 0 Å². The molecule has 0 aliphatic heterocycles. The Kier molecular flexibility index (Phi) is 5.35. The standard InChI is InChI=1S/C11H16N4OS/c12-9(16)3-1-2-6-14-10-5-4-8(7-15-10)11(13)17/h4-5,7H,1-3,6H2,(H2,12,16)(H2,13,17)(H,14,15). The van der Waals surface area contributed by atoms with Crippen molar-refractivity contribution in [3.8, 4) is 0 Å². The van der Waals surface area contributed by atoms with Gasteiger partial charge in [0.05, 0.1) is 0 Å². The molecule has 17 heavy (non-hydrogen) atoms. The largest absolute Gasteiger partial charge is 0.389 e. The lowest BCUT2D eigenvalue weighted by Gasteiger charge is -2.05. The average molecular weight is 252 g/mol. The zero-order chi connectivity index (χ0) is 12.7. The van der Waals surface area contributed by atoms with E-state index in [4.69, 9.17) is 23.7 Å². The normalized spacial score (nSPS) is 9.88. The quantitative estimate of drug-likeness (QED) is 0.492. The molecule has 0 aliphatic carbocycles. The maximum atomic E-state index is 10.5. The number of carbonyl (C=O) groups excluding carboxylic acids is 1. The average Bonchev–Trinajstić information content (AvgIpc) is 2.29. The molecule has 1 rings (SSSR count). The van der Waals surface area contributed by atoms with Gasteiger partial charge in [-0.25, -0.2) is 4.98 Å². The van der Waals surface area contributed by atoms with Crippen LogP contribution in [0.4, 0.5) is 5.82 Å². The topological polar surface area (TPSA) is 94.0 Å². The van der Waals surface area contributed by atoms with Crippen LogP contribution in [0.5, 0.6) is 0 Å². The molecular formula is C11H16N4OS. The number of carbonyl (C=O) groups is 1. The van der Waals surface area contributed by atoms with Gasteiger partial charge in [0, 0.05) is 24.7 Å². The number of nitrogens with two attached hydrogens (primary N) is 2. The lowest BCUT2D eigenvalue weighted by Crippen LogP contribution is -2.12. The Bertz CT molecular complexity index is 391. The van der Waals surface area contributed by atoms with Gasteiger partial charge in [0.15, 0.2) is 0 Å². The highest BCUT2D eigenvalue weighted by atomic mass is 32.1. The molecule has 0 saturated heterocycles. The minimum atomic E-state index is -0.260. The monoisotopic (exact) mass is 252 g/mol. The second kappa shape index (κ2) is 6.80. The van der Waals surface area contributed by atoms with E-state index in [1.807, 2.05) is 12.1 Å². The van der Waals surface area contributed by atoms with Crippen molar-refractivity contribution in [3.63, 3.8) is 0 Å². The fourth-order valence-corrected chi connectivity index (χ4v) is 1.41. The molecule has 0 radical (unpaired) electrons. The fourth-order valence-electron chi connectivity index (χ4n) is 1.28. The van der Waals surface area contributed by atoms with Gasteiger partial charge < -0.3 is 16.8 Å². The Hall–Kier alpha value is -1.69. The molecule has 0 saturated carbocycles. The summed E-state index contributed by atoms with van der Waals surface area (Å²) in [5.74, 6) is 0.507. The number of primary amides is 1. The Morgan fingerprint density at radius 1 is 1.35 bits per heavy atom. The smallest absolute Gasteiger partial charge is 0.217 e. The number of unbranched alkanes of at least 4 members (excludes halogenated alkanes) is 1. The maximum Gasteiger partial charge on any atom is 0.217 e. The van der Waals surface area contributed by atoms with Crippen molar-refractivity contribution in [2.75, 3.05) is 11.9 Å². The van der Waals surface area contributed by atoms with E-state index >= 15 is 0 Å². The first-order valence-electron chi connectivity index (χ1n) is 5.37. The first-order chi connectivity index (χ1) is 8.09. The van der Waals surface area contributed by atoms with Crippen molar-refractivity contribution in [3.05, 3.63) is 23.9 Å². The second-order valence-corrected chi connectivity index (χ2v) is 4.09. The van der Waals surface area contributed by atoms with Crippen LogP contribution in [0.15, 0.2) is 18.3 Å². The molecule has 92 valence electrons. The fraction of sp³-hybridized carbons (Fsp3) is 0.364. The van der Waals surface area contributed by atoms with Gasteiger partial charge in [0.1, 0.15) is 10.8 Å². The summed E-state index contributed by atoms with van der Waals surface area (Å²) in [4.78, 5) is 15.0. The van der Waals surface area contributed by atoms with Crippen LogP contribution in [0, 0.1) is 0 Å². The summed E-state index contributed by atoms with van der Waals surface area (Å²) in [5.41, 5.74) is 11.2. The Morgan fingerprint density at radius 3 is 2.65 bits per heavy atom. The summed E-state index contributed by atoms with van der Waals surface area (Å²) in [5, 5.41) is 3.14. The maximum absolute atomic E-state index is 10.5. The Labute approximate surface area is 106 Å². The van der Waals surface area contributed by atoms with Crippen molar-refractivity contribution in [1.82, 2.24) is 4.98 Å². The SMILES string of the molecule is NC(=O)CCCCNc1ccc(C(N)=S)cn1. The lowest BCUT2D eigenvalue weighted by molar-refractivity contribution is -0.118. The second-order valence-electron chi connectivity index (χ2n) is 3.65. The third-order valence-electron chi connectivity index (χ3n) is 2.20. The number of anilines is 1. The highest BCUT2D eigenvalue weighted by molar-refractivity contribution is 7.80. The van der Waals surface area contributed by atoms with E-state index < -0.39 is 0 Å². The first kappa shape index (κ1) is 13.4. The van der Waals surface area contributed by atoms with Gasteiger partial charge in [-0.1, -0.05) is 12.2 Å². The van der Waals surface area contributed by atoms with Crippen LogP contribution in [0.1, 0.15) is 24.8 Å². The number of aromatic nitrogens is 1. The number of rotatable bonds is 7. The van der Waals surface area contributed by atoms with Crippen LogP contribution in [0.2, 0.25) is 0 Å². The van der Waals surface area contributed by atoms with Crippen molar-refractivity contribution >= 4 is 28.9 Å². The van der Waals surface area contributed by atoms with E-state index in [-0.39, 0.29) is 5.91 Å². The van der Waals surface area contributed by atoms with Crippen molar-refractivity contribution in [1.29, 1.82) is 0 Å². The lowest BCUT2D eigenvalue weighted by atomic mass is 10.2. The molecule has 0 unspecified atom stereocenters. The van der Waals surface area contributed by atoms with E-state index in [0.717, 1.165) is 30.8 Å². The van der Waals surface area contributed by atoms with Gasteiger partial charge in [-0.05, 0) is 25.0 Å². The Morgan fingerprint density at radius 2 is 2.12 bits per heavy atom. The summed E-state index contributed by atoms with van der Waals surface area (Å²) < 4.78 is 0. The molecule has 1 aromatic rings. The predicted molar refractivity (Wildman–Crippen MR) is 71.7 cm³/mol. The number of pyridine rings is 1. The van der Waals surface area contributed by atoms with Gasteiger partial charge in [0.2, 0.25) is 5.91 Å². The molecule has 1 amide bonds. The molecule has 0 fully saturated rings. The number of hydrogen-bond acceptors (Lipinski definition) is 4. The minimum Gasteiger partial charge on any atom is -0.389 e. The van der Waals surface area contributed by atoms with Crippen LogP contribution in [0.25, 0.3) is 0 Å². The number of amides is 1. The molecule has 0 aliphatic rings. The van der Waals surface area contributed by atoms with Crippen molar-refractivity contribution in [2.24, 2.45) is 11.5 Å². The molecule has 0 aromatic carbocycles. The van der Waals surface area contributed by atoms with E-state index in [0.29, 0.717) is 11.4 Å². The summed E-state index contributed by atoms with van der Waals surface area (Å²) in [7, 11) is 0. The third kappa shape index (κ3) is 5.26. The highest BCUT2D eigenvalue weighted by Gasteiger charge is 1.98. The van der Waals surface area contributed by atoms with E-state index in [1.165, 1.54) is 0 Å². The number of nitrogens with one attached hydrogen (secondary N) is 1. The van der Waals surface area contributed by atoms with Gasteiger partial charge in [-0.15, -0.1) is 0 Å². The first-order valence-corrected chi connectivity index (χ1v) is 5.78. The van der Waals surface area contributed by atoms with Gasteiger partial charge in [-0.3, -0.25) is 4.79 Å². The molecule has 0 bridgehead atoms. The summed E-state index contributed by atoms with van der Waals surface area (Å²) >= 11 is 4.83. The summed E-state index contributed by atoms with van der Waals surface area (Å²) in [6.45, 7) is 0.757. The summed E-state index contributed by atoms with van der Waals surface area (Å²) in [6.07, 6.45) is 3.72. The highest BCUT2D eigenvalue weighted by Crippen LogP contribution is 2.05. The minimum absolute atomic E-state index is 0.260. The zero-order valence-electron chi connectivity index (χ0n) is 9.48. The molecule has 0 spiro atoms. The van der Waals surface area contributed by atoms with Gasteiger partial charge in [-0.2, -0.15) is 0 Å². The predicted octanol–water partition coefficient (Wildman–Crippen LogP) is 0.783. The molecule has 5 N–H and O–H groups in total. The van der Waals surface area contributed by atoms with Gasteiger partial charge in [0.25, 0.3) is 0 Å². The molecular weight excluding hydrogens is 236 g/mol. The molecule has 1 heterocycles. The van der Waals surface area contributed by atoms with Gasteiger partial charge >= 0.3 is 0 Å². The number of nitrogens with zero attached hydrogens (tertiary/aromatic N) is 1. The summed E-state index contributed by atoms with van der Waals surface area (Å²) in [6, 6.07) is 3.64. The number of thiocarbonyl (C=S) groups is 1. The Balaban J connectivity index is 2.27. The van der Waals surface area contributed by atoms with Crippen LogP contribution < -0.4 is 16.8 Å². The third-order valence-corrected chi connectivity index (χ3v) is 2.44. The van der Waals surface area contributed by atoms with Crippen LogP contribution in [-0.4, -0.2) is 22.4 Å². The van der Waals surface area contributed by atoms with Crippen LogP contribution in [-0.2, 0) is 4.79 Å². The van der Waals surface area contributed by atoms with E-state index in [9.17, 15) is 4.79 Å². The number of hydrogen-bond donors (Lipinski definition) is 3. The zero-order valence-corrected chi connectivity index (χ0v) is 10.3. The molecule has 0 atom stereocenters. The van der Waals surface area contributed by atoms with Crippen molar-refractivity contribution < 1.29 is 4.79 Å².